The van der Waals surface area contributed by atoms with Crippen molar-refractivity contribution in [1.82, 2.24) is 0 Å². The van der Waals surface area contributed by atoms with E-state index in [1.165, 1.54) is 11.1 Å². The molecule has 0 radical (unpaired) electrons. The van der Waals surface area contributed by atoms with E-state index in [1.807, 2.05) is 12.1 Å². The lowest BCUT2D eigenvalue weighted by Crippen LogP contribution is -2.13. The van der Waals surface area contributed by atoms with Gasteiger partial charge in [0.2, 0.25) is 0 Å². The highest BCUT2D eigenvalue weighted by Gasteiger charge is 2.23. The molecule has 0 heterocycles. The third kappa shape index (κ3) is 7.19. The minimum atomic E-state index is -0.169. The Morgan fingerprint density at radius 1 is 0.686 bits per heavy atom. The van der Waals surface area contributed by atoms with Crippen molar-refractivity contribution in [3.63, 3.8) is 0 Å². The van der Waals surface area contributed by atoms with Gasteiger partial charge in [-0.15, -0.1) is 0 Å². The fourth-order valence-corrected chi connectivity index (χ4v) is 4.07. The van der Waals surface area contributed by atoms with Gasteiger partial charge in [0.25, 0.3) is 0 Å². The van der Waals surface area contributed by atoms with Crippen LogP contribution in [0.1, 0.15) is 127 Å². The van der Waals surface area contributed by atoms with E-state index in [2.05, 4.69) is 91.4 Å². The third-order valence-electron chi connectivity index (χ3n) is 6.93. The summed E-state index contributed by atoms with van der Waals surface area (Å²) in [5.74, 6) is 1.37. The van der Waals surface area contributed by atoms with E-state index in [0.29, 0.717) is 11.8 Å². The summed E-state index contributed by atoms with van der Waals surface area (Å²) in [6, 6.07) is 8.31. The van der Waals surface area contributed by atoms with Crippen molar-refractivity contribution in [3.05, 3.63) is 57.6 Å². The summed E-state index contributed by atoms with van der Waals surface area (Å²) in [7, 11) is 0. The number of aromatic hydroxyl groups is 2. The maximum Gasteiger partial charge on any atom is 0.129 e. The summed E-state index contributed by atoms with van der Waals surface area (Å²) in [6.45, 7) is 21.6. The lowest BCUT2D eigenvalue weighted by molar-refractivity contribution is 0.444. The summed E-state index contributed by atoms with van der Waals surface area (Å²) in [4.78, 5) is 8.95. The van der Waals surface area contributed by atoms with Crippen molar-refractivity contribution in [2.75, 3.05) is 6.67 Å². The Kier molecular flexibility index (Phi) is 9.33. The Hall–Kier alpha value is -2.62. The first-order chi connectivity index (χ1) is 16.2. The molecule has 0 saturated carbocycles. The molecule has 0 aliphatic heterocycles. The molecule has 0 aliphatic rings. The fourth-order valence-electron chi connectivity index (χ4n) is 4.07. The smallest absolute Gasteiger partial charge is 0.129 e. The van der Waals surface area contributed by atoms with E-state index < -0.39 is 0 Å². The van der Waals surface area contributed by atoms with Gasteiger partial charge in [0.1, 0.15) is 18.2 Å². The Labute approximate surface area is 213 Å². The average molecular weight is 479 g/mol. The van der Waals surface area contributed by atoms with Crippen LogP contribution in [0.3, 0.4) is 0 Å². The van der Waals surface area contributed by atoms with E-state index >= 15 is 0 Å². The Morgan fingerprint density at radius 2 is 1.03 bits per heavy atom. The van der Waals surface area contributed by atoms with Crippen LogP contribution in [0.25, 0.3) is 0 Å². The third-order valence-corrected chi connectivity index (χ3v) is 6.93. The number of benzene rings is 2. The standard InChI is InChI=1S/C31H46N2O2/c1-11-20(3)22-13-24(28(34)26(15-22)30(5,6)7)17-32-19-33-18-25-14-23(21(4)12-2)16-27(29(25)35)31(8,9)10/h13-18,20-21,34-35H,11-12,19H2,1-10H3. The molecule has 2 rings (SSSR count). The summed E-state index contributed by atoms with van der Waals surface area (Å²) >= 11 is 0. The normalized spacial score (nSPS) is 14.7. The molecule has 2 unspecified atom stereocenters. The van der Waals surface area contributed by atoms with Crippen LogP contribution in [-0.2, 0) is 10.8 Å². The second-order valence-electron chi connectivity index (χ2n) is 11.9. The van der Waals surface area contributed by atoms with Gasteiger partial charge in [0, 0.05) is 34.7 Å². The molecule has 0 spiro atoms. The molecule has 0 aromatic heterocycles. The quantitative estimate of drug-likeness (QED) is 0.375. The number of aliphatic imine (C=N–C) groups is 2. The van der Waals surface area contributed by atoms with Crippen molar-refractivity contribution >= 4 is 12.4 Å². The molecule has 0 amide bonds. The molecule has 0 bridgehead atoms. The summed E-state index contributed by atoms with van der Waals surface area (Å²) in [6.07, 6.45) is 5.49. The van der Waals surface area contributed by atoms with E-state index in [1.54, 1.807) is 12.4 Å². The largest absolute Gasteiger partial charge is 0.507 e. The average Bonchev–Trinajstić information content (AvgIpc) is 2.78. The number of rotatable bonds is 8. The predicted octanol–water partition coefficient (Wildman–Crippen LogP) is 8.22. The Morgan fingerprint density at radius 3 is 1.31 bits per heavy atom. The number of phenolic OH excluding ortho intramolecular Hbond substituents is 2. The number of hydrogen-bond donors (Lipinski definition) is 2. The zero-order chi connectivity index (χ0) is 26.6. The Balaban J connectivity index is 2.35. The van der Waals surface area contributed by atoms with Gasteiger partial charge < -0.3 is 10.2 Å². The van der Waals surface area contributed by atoms with Gasteiger partial charge >= 0.3 is 0 Å². The molecule has 2 N–H and O–H groups in total. The molecule has 0 saturated heterocycles. The summed E-state index contributed by atoms with van der Waals surface area (Å²) < 4.78 is 0. The van der Waals surface area contributed by atoms with E-state index in [9.17, 15) is 10.2 Å². The predicted molar refractivity (Wildman–Crippen MR) is 151 cm³/mol. The number of nitrogens with zero attached hydrogens (tertiary/aromatic N) is 2. The van der Waals surface area contributed by atoms with Gasteiger partial charge in [-0.1, -0.05) is 81.4 Å². The van der Waals surface area contributed by atoms with Gasteiger partial charge in [0.15, 0.2) is 0 Å². The first-order valence-corrected chi connectivity index (χ1v) is 12.9. The molecular formula is C31H46N2O2. The van der Waals surface area contributed by atoms with E-state index in [4.69, 9.17) is 0 Å². The van der Waals surface area contributed by atoms with Crippen LogP contribution in [0.15, 0.2) is 34.3 Å². The minimum absolute atomic E-state index is 0.169. The molecule has 4 nitrogen and oxygen atoms in total. The first-order valence-electron chi connectivity index (χ1n) is 12.9. The SMILES string of the molecule is CCC(C)c1cc(C=NCN=Cc2cc(C(C)CC)cc(C(C)(C)C)c2O)c(O)c(C(C)(C)C)c1. The van der Waals surface area contributed by atoms with Crippen molar-refractivity contribution in [2.24, 2.45) is 9.98 Å². The molecule has 0 fully saturated rings. The van der Waals surface area contributed by atoms with Crippen LogP contribution in [0, 0.1) is 0 Å². The maximum atomic E-state index is 10.9. The lowest BCUT2D eigenvalue weighted by Gasteiger charge is -2.24. The van der Waals surface area contributed by atoms with Crippen molar-refractivity contribution < 1.29 is 10.2 Å². The molecule has 0 aliphatic carbocycles. The van der Waals surface area contributed by atoms with Crippen LogP contribution < -0.4 is 0 Å². The highest BCUT2D eigenvalue weighted by Crippen LogP contribution is 2.37. The lowest BCUT2D eigenvalue weighted by atomic mass is 9.82. The van der Waals surface area contributed by atoms with Gasteiger partial charge in [0.05, 0.1) is 0 Å². The van der Waals surface area contributed by atoms with Crippen LogP contribution in [0.5, 0.6) is 11.5 Å². The molecule has 2 aromatic carbocycles. The highest BCUT2D eigenvalue weighted by atomic mass is 16.3. The highest BCUT2D eigenvalue weighted by molar-refractivity contribution is 5.86. The van der Waals surface area contributed by atoms with Crippen molar-refractivity contribution in [3.8, 4) is 11.5 Å². The zero-order valence-corrected chi connectivity index (χ0v) is 23.5. The molecular weight excluding hydrogens is 432 g/mol. The van der Waals surface area contributed by atoms with E-state index in [0.717, 1.165) is 35.1 Å². The van der Waals surface area contributed by atoms with Gasteiger partial charge in [-0.3, -0.25) is 9.98 Å². The zero-order valence-electron chi connectivity index (χ0n) is 23.5. The maximum absolute atomic E-state index is 10.9. The van der Waals surface area contributed by atoms with Gasteiger partial charge in [-0.25, -0.2) is 0 Å². The van der Waals surface area contributed by atoms with Crippen LogP contribution in [0.2, 0.25) is 0 Å². The number of hydrogen-bond acceptors (Lipinski definition) is 4. The van der Waals surface area contributed by atoms with Crippen molar-refractivity contribution in [1.29, 1.82) is 0 Å². The molecule has 4 heteroatoms. The molecule has 192 valence electrons. The van der Waals surface area contributed by atoms with E-state index in [-0.39, 0.29) is 29.0 Å². The summed E-state index contributed by atoms with van der Waals surface area (Å²) in [5, 5.41) is 21.8. The summed E-state index contributed by atoms with van der Waals surface area (Å²) in [5.41, 5.74) is 5.39. The second-order valence-corrected chi connectivity index (χ2v) is 11.9. The number of phenols is 2. The van der Waals surface area contributed by atoms with Gasteiger partial charge in [-0.2, -0.15) is 0 Å². The monoisotopic (exact) mass is 478 g/mol. The first kappa shape index (κ1) is 28.6. The van der Waals surface area contributed by atoms with Crippen molar-refractivity contribution in [2.45, 2.75) is 105 Å². The van der Waals surface area contributed by atoms with Crippen LogP contribution >= 0.6 is 0 Å². The second kappa shape index (κ2) is 11.4. The minimum Gasteiger partial charge on any atom is -0.507 e. The molecule has 2 atom stereocenters. The Bertz CT molecular complexity index is 983. The molecule has 35 heavy (non-hydrogen) atoms. The fraction of sp³-hybridized carbons (Fsp3) is 0.548. The topological polar surface area (TPSA) is 65.2 Å². The van der Waals surface area contributed by atoms with Gasteiger partial charge in [-0.05, 0) is 58.8 Å². The van der Waals surface area contributed by atoms with Crippen LogP contribution in [-0.4, -0.2) is 29.3 Å². The molecule has 2 aromatic rings. The van der Waals surface area contributed by atoms with Crippen LogP contribution in [0.4, 0.5) is 0 Å².